The Balaban J connectivity index is 2.58. The Hall–Kier alpha value is -2.23. The molecule has 0 N–H and O–H groups in total. The lowest BCUT2D eigenvalue weighted by Crippen LogP contribution is -2.14. The van der Waals surface area contributed by atoms with Gasteiger partial charge in [-0.25, -0.2) is 9.18 Å². The van der Waals surface area contributed by atoms with E-state index in [2.05, 4.69) is 11.3 Å². The van der Waals surface area contributed by atoms with Crippen LogP contribution in [0, 0.1) is 5.82 Å². The third kappa shape index (κ3) is 4.42. The molecular formula is C13H11FO3. The number of benzene rings is 1. The maximum Gasteiger partial charge on any atom is 0.379 e. The first kappa shape index (κ1) is 12.8. The number of ketones is 1. The summed E-state index contributed by atoms with van der Waals surface area (Å²) in [6.07, 6.45) is 3.87. The maximum absolute atomic E-state index is 12.6. The van der Waals surface area contributed by atoms with Crippen LogP contribution in [0.2, 0.25) is 0 Å². The largest absolute Gasteiger partial charge is 0.455 e. The van der Waals surface area contributed by atoms with Crippen LogP contribution in [0.1, 0.15) is 5.56 Å². The Labute approximate surface area is 98.2 Å². The Kier molecular flexibility index (Phi) is 4.81. The van der Waals surface area contributed by atoms with E-state index in [0.717, 1.165) is 6.08 Å². The molecule has 0 spiro atoms. The van der Waals surface area contributed by atoms with Gasteiger partial charge in [-0.05, 0) is 23.8 Å². The van der Waals surface area contributed by atoms with Crippen LogP contribution in [-0.4, -0.2) is 18.4 Å². The summed E-state index contributed by atoms with van der Waals surface area (Å²) in [4.78, 5) is 22.3. The maximum atomic E-state index is 12.6. The summed E-state index contributed by atoms with van der Waals surface area (Å²) in [5.41, 5.74) is 0.622. The van der Waals surface area contributed by atoms with Gasteiger partial charge in [-0.1, -0.05) is 30.9 Å². The van der Waals surface area contributed by atoms with Crippen LogP contribution in [0.5, 0.6) is 0 Å². The van der Waals surface area contributed by atoms with Gasteiger partial charge in [0.2, 0.25) is 0 Å². The molecule has 0 heterocycles. The van der Waals surface area contributed by atoms with E-state index in [4.69, 9.17) is 0 Å². The summed E-state index contributed by atoms with van der Waals surface area (Å²) >= 11 is 0. The van der Waals surface area contributed by atoms with E-state index in [1.165, 1.54) is 36.4 Å². The summed E-state index contributed by atoms with van der Waals surface area (Å²) in [5, 5.41) is 0. The minimum absolute atomic E-state index is 0.00500. The molecule has 17 heavy (non-hydrogen) atoms. The molecule has 0 aliphatic rings. The fourth-order valence-electron chi connectivity index (χ4n) is 1.02. The van der Waals surface area contributed by atoms with Crippen molar-refractivity contribution in [1.29, 1.82) is 0 Å². The fraction of sp³-hybridized carbons (Fsp3) is 0.0769. The van der Waals surface area contributed by atoms with E-state index in [1.807, 2.05) is 0 Å². The third-order valence-corrected chi connectivity index (χ3v) is 1.83. The minimum atomic E-state index is -0.941. The number of esters is 1. The lowest BCUT2D eigenvalue weighted by molar-refractivity contribution is -0.150. The molecule has 1 aromatic rings. The van der Waals surface area contributed by atoms with Gasteiger partial charge in [0, 0.05) is 0 Å². The van der Waals surface area contributed by atoms with Gasteiger partial charge >= 0.3 is 5.97 Å². The third-order valence-electron chi connectivity index (χ3n) is 1.83. The first-order valence-corrected chi connectivity index (χ1v) is 4.89. The summed E-state index contributed by atoms with van der Waals surface area (Å²) in [6.45, 7) is 3.35. The molecule has 0 bridgehead atoms. The average Bonchev–Trinajstić information content (AvgIpc) is 2.34. The lowest BCUT2D eigenvalue weighted by atomic mass is 10.2. The number of rotatable bonds is 5. The van der Waals surface area contributed by atoms with Crippen molar-refractivity contribution in [2.75, 3.05) is 6.61 Å². The smallest absolute Gasteiger partial charge is 0.379 e. The molecule has 88 valence electrons. The molecular weight excluding hydrogens is 223 g/mol. The van der Waals surface area contributed by atoms with Crippen molar-refractivity contribution < 1.29 is 18.7 Å². The lowest BCUT2D eigenvalue weighted by Gasteiger charge is -1.96. The summed E-state index contributed by atoms with van der Waals surface area (Å²) in [5.74, 6) is -2.07. The molecule has 1 aromatic carbocycles. The van der Waals surface area contributed by atoms with Crippen molar-refractivity contribution in [2.45, 2.75) is 0 Å². The quantitative estimate of drug-likeness (QED) is 0.339. The van der Waals surface area contributed by atoms with E-state index < -0.39 is 11.8 Å². The Morgan fingerprint density at radius 1 is 1.29 bits per heavy atom. The second kappa shape index (κ2) is 6.37. The molecule has 0 aliphatic heterocycles. The predicted octanol–water partition coefficient (Wildman–Crippen LogP) is 2.14. The number of halogens is 1. The van der Waals surface area contributed by atoms with Crippen molar-refractivity contribution in [3.63, 3.8) is 0 Å². The van der Waals surface area contributed by atoms with Gasteiger partial charge in [0.15, 0.2) is 0 Å². The molecule has 0 saturated carbocycles. The Morgan fingerprint density at radius 2 is 1.94 bits per heavy atom. The average molecular weight is 234 g/mol. The van der Waals surface area contributed by atoms with Gasteiger partial charge in [-0.15, -0.1) is 0 Å². The van der Waals surface area contributed by atoms with Crippen LogP contribution in [0.25, 0.3) is 6.08 Å². The number of hydrogen-bond acceptors (Lipinski definition) is 3. The molecule has 1 rings (SSSR count). The highest BCUT2D eigenvalue weighted by atomic mass is 19.1. The highest BCUT2D eigenvalue weighted by Gasteiger charge is 2.10. The first-order valence-electron chi connectivity index (χ1n) is 4.89. The van der Waals surface area contributed by atoms with Crippen LogP contribution < -0.4 is 0 Å². The van der Waals surface area contributed by atoms with Gasteiger partial charge in [-0.3, -0.25) is 4.79 Å². The normalized spacial score (nSPS) is 10.2. The predicted molar refractivity (Wildman–Crippen MR) is 61.6 cm³/mol. The molecule has 0 saturated heterocycles. The van der Waals surface area contributed by atoms with Crippen molar-refractivity contribution in [3.8, 4) is 0 Å². The van der Waals surface area contributed by atoms with Gasteiger partial charge in [0.25, 0.3) is 5.78 Å². The number of carbonyl (C=O) groups is 2. The highest BCUT2D eigenvalue weighted by molar-refractivity contribution is 6.39. The minimum Gasteiger partial charge on any atom is -0.455 e. The fourth-order valence-corrected chi connectivity index (χ4v) is 1.02. The van der Waals surface area contributed by atoms with Crippen LogP contribution >= 0.6 is 0 Å². The van der Waals surface area contributed by atoms with Crippen LogP contribution in [0.4, 0.5) is 4.39 Å². The van der Waals surface area contributed by atoms with E-state index in [1.54, 1.807) is 0 Å². The number of hydrogen-bond donors (Lipinski definition) is 0. The van der Waals surface area contributed by atoms with Gasteiger partial charge < -0.3 is 4.74 Å². The first-order chi connectivity index (χ1) is 8.13. The zero-order valence-electron chi connectivity index (χ0n) is 9.06. The topological polar surface area (TPSA) is 43.4 Å². The molecule has 4 heteroatoms. The van der Waals surface area contributed by atoms with Crippen molar-refractivity contribution in [1.82, 2.24) is 0 Å². The van der Waals surface area contributed by atoms with Crippen LogP contribution in [0.15, 0.2) is 43.0 Å². The zero-order valence-corrected chi connectivity index (χ0v) is 9.06. The second-order valence-corrected chi connectivity index (χ2v) is 3.14. The second-order valence-electron chi connectivity index (χ2n) is 3.14. The van der Waals surface area contributed by atoms with Crippen molar-refractivity contribution in [3.05, 3.63) is 54.4 Å². The molecule has 3 nitrogen and oxygen atoms in total. The molecule has 0 aromatic heterocycles. The molecule has 0 radical (unpaired) electrons. The molecule has 0 fully saturated rings. The SMILES string of the molecule is C=CCOC(=O)C(=O)/C=C/c1ccc(F)cc1. The van der Waals surface area contributed by atoms with Crippen molar-refractivity contribution in [2.24, 2.45) is 0 Å². The molecule has 0 amide bonds. The molecule has 0 unspecified atom stereocenters. The van der Waals surface area contributed by atoms with Gasteiger partial charge in [0.1, 0.15) is 12.4 Å². The van der Waals surface area contributed by atoms with E-state index in [9.17, 15) is 14.0 Å². The monoisotopic (exact) mass is 234 g/mol. The van der Waals surface area contributed by atoms with E-state index in [0.29, 0.717) is 5.56 Å². The Morgan fingerprint density at radius 3 is 2.53 bits per heavy atom. The highest BCUT2D eigenvalue weighted by Crippen LogP contribution is 2.04. The van der Waals surface area contributed by atoms with Crippen LogP contribution in [-0.2, 0) is 14.3 Å². The van der Waals surface area contributed by atoms with E-state index in [-0.39, 0.29) is 12.4 Å². The number of carbonyl (C=O) groups excluding carboxylic acids is 2. The Bertz CT molecular complexity index is 446. The van der Waals surface area contributed by atoms with Crippen molar-refractivity contribution >= 4 is 17.8 Å². The summed E-state index contributed by atoms with van der Waals surface area (Å²) in [6, 6.07) is 5.52. The molecule has 0 atom stereocenters. The van der Waals surface area contributed by atoms with Crippen LogP contribution in [0.3, 0.4) is 0 Å². The summed E-state index contributed by atoms with van der Waals surface area (Å²) < 4.78 is 17.1. The number of ether oxygens (including phenoxy) is 1. The van der Waals surface area contributed by atoms with E-state index >= 15 is 0 Å². The van der Waals surface area contributed by atoms with Gasteiger partial charge in [0.05, 0.1) is 0 Å². The molecule has 0 aliphatic carbocycles. The van der Waals surface area contributed by atoms with Gasteiger partial charge in [-0.2, -0.15) is 0 Å². The summed E-state index contributed by atoms with van der Waals surface area (Å²) in [7, 11) is 0. The standard InChI is InChI=1S/C13H11FO3/c1-2-9-17-13(16)12(15)8-5-10-3-6-11(14)7-4-10/h2-8H,1,9H2/b8-5+. The zero-order chi connectivity index (χ0) is 12.7.